The molecule has 49 heavy (non-hydrogen) atoms. The average molecular weight is 704 g/mol. The van der Waals surface area contributed by atoms with E-state index >= 15 is 0 Å². The van der Waals surface area contributed by atoms with Crippen LogP contribution in [0.15, 0.2) is 24.3 Å². The molecular weight excluding hydrogens is 658 g/mol. The topological polar surface area (TPSA) is 174 Å². The molecule has 2 saturated heterocycles. The minimum atomic E-state index is -1.16. The molecule has 1 aromatic rings. The number of alkyl carbamates (subject to hydrolysis) is 1. The fourth-order valence-electron chi connectivity index (χ4n) is 6.19. The number of halogens is 1. The summed E-state index contributed by atoms with van der Waals surface area (Å²) in [4.78, 5) is 74.8. The molecule has 3 heterocycles. The zero-order valence-corrected chi connectivity index (χ0v) is 29.3. The van der Waals surface area contributed by atoms with E-state index in [1.165, 1.54) is 12.0 Å². The maximum Gasteiger partial charge on any atom is 0.408 e. The number of methoxy groups -OCH3 is 1. The number of hydroxylamine groups is 1. The van der Waals surface area contributed by atoms with Crippen molar-refractivity contribution in [2.45, 2.75) is 102 Å². The van der Waals surface area contributed by atoms with Gasteiger partial charge in [0.25, 0.3) is 5.91 Å². The monoisotopic (exact) mass is 703 g/mol. The highest BCUT2D eigenvalue weighted by molar-refractivity contribution is 6.38. The molecule has 0 unspecified atom stereocenters. The lowest BCUT2D eigenvalue weighted by molar-refractivity contribution is -0.144. The van der Waals surface area contributed by atoms with Crippen molar-refractivity contribution in [1.82, 2.24) is 26.3 Å². The van der Waals surface area contributed by atoms with E-state index in [-0.39, 0.29) is 32.0 Å². The minimum Gasteiger partial charge on any atom is -0.495 e. The molecule has 15 heteroatoms. The highest BCUT2D eigenvalue weighted by Gasteiger charge is 2.54. The van der Waals surface area contributed by atoms with Gasteiger partial charge < -0.3 is 35.1 Å². The second-order valence-corrected chi connectivity index (χ2v) is 14.6. The SMILES string of the molecule is CCC[C@H](NC(=O)[C@@H]1C[C@]2(C=C(c3ccc(OC)c(Cl)c3)NO2)CN1C(=O)[C@@H](NC(=O)O[C@H]1CCOC1)C(C)(C)C)C(=O)C(=O)NC1CC1. The van der Waals surface area contributed by atoms with E-state index in [1.54, 1.807) is 45.0 Å². The van der Waals surface area contributed by atoms with E-state index in [9.17, 15) is 24.0 Å². The number of nitrogens with zero attached hydrogens (tertiary/aromatic N) is 1. The van der Waals surface area contributed by atoms with Gasteiger partial charge in [-0.15, -0.1) is 0 Å². The molecule has 3 fully saturated rings. The van der Waals surface area contributed by atoms with Crippen molar-refractivity contribution in [2.75, 3.05) is 26.9 Å². The molecule has 14 nitrogen and oxygen atoms in total. The van der Waals surface area contributed by atoms with Gasteiger partial charge in [-0.1, -0.05) is 45.7 Å². The molecule has 0 bridgehead atoms. The lowest BCUT2D eigenvalue weighted by atomic mass is 9.85. The molecular formula is C34H46ClN5O9. The molecule has 1 aromatic carbocycles. The number of ketones is 1. The zero-order valence-electron chi connectivity index (χ0n) is 28.6. The first kappa shape index (κ1) is 36.4. The van der Waals surface area contributed by atoms with Crippen LogP contribution in [0.5, 0.6) is 5.75 Å². The molecule has 5 atom stereocenters. The summed E-state index contributed by atoms with van der Waals surface area (Å²) < 4.78 is 16.1. The number of carbonyl (C=O) groups excluding carboxylic acids is 5. The molecule has 5 rings (SSSR count). The van der Waals surface area contributed by atoms with Gasteiger partial charge in [-0.25, -0.2) is 4.79 Å². The van der Waals surface area contributed by atoms with Crippen LogP contribution in [-0.2, 0) is 33.5 Å². The Bertz CT molecular complexity index is 1490. The van der Waals surface area contributed by atoms with E-state index in [0.717, 1.165) is 12.8 Å². The van der Waals surface area contributed by atoms with Crippen molar-refractivity contribution in [2.24, 2.45) is 5.41 Å². The van der Waals surface area contributed by atoms with Crippen molar-refractivity contribution in [1.29, 1.82) is 0 Å². The van der Waals surface area contributed by atoms with Crippen molar-refractivity contribution in [3.63, 3.8) is 0 Å². The predicted octanol–water partition coefficient (Wildman–Crippen LogP) is 2.63. The third kappa shape index (κ3) is 8.65. The number of rotatable bonds is 12. The minimum absolute atomic E-state index is 0.0208. The Morgan fingerprint density at radius 1 is 1.14 bits per heavy atom. The summed E-state index contributed by atoms with van der Waals surface area (Å²) in [6.07, 6.45) is 3.54. The van der Waals surface area contributed by atoms with Crippen LogP contribution in [0.3, 0.4) is 0 Å². The second kappa shape index (κ2) is 14.9. The molecule has 3 aliphatic heterocycles. The normalized spacial score (nSPS) is 24.4. The quantitative estimate of drug-likeness (QED) is 0.237. The Balaban J connectivity index is 1.42. The second-order valence-electron chi connectivity index (χ2n) is 14.2. The number of ether oxygens (including phenoxy) is 3. The van der Waals surface area contributed by atoms with Gasteiger partial charge in [0.1, 0.15) is 29.5 Å². The predicted molar refractivity (Wildman–Crippen MR) is 178 cm³/mol. The van der Waals surface area contributed by atoms with Crippen LogP contribution >= 0.6 is 11.6 Å². The maximum atomic E-state index is 14.5. The average Bonchev–Trinajstić information content (AvgIpc) is 3.39. The number of hydrogen-bond donors (Lipinski definition) is 4. The largest absolute Gasteiger partial charge is 0.495 e. The van der Waals surface area contributed by atoms with Gasteiger partial charge in [-0.05, 0) is 49.0 Å². The van der Waals surface area contributed by atoms with E-state index in [1.807, 2.05) is 6.92 Å². The first-order chi connectivity index (χ1) is 23.2. The summed E-state index contributed by atoms with van der Waals surface area (Å²) in [5, 5.41) is 8.56. The van der Waals surface area contributed by atoms with Crippen molar-refractivity contribution in [3.8, 4) is 5.75 Å². The Labute approximate surface area is 290 Å². The van der Waals surface area contributed by atoms with Gasteiger partial charge in [0, 0.05) is 24.4 Å². The third-order valence-electron chi connectivity index (χ3n) is 9.06. The lowest BCUT2D eigenvalue weighted by Crippen LogP contribution is -2.59. The Morgan fingerprint density at radius 3 is 2.51 bits per heavy atom. The molecule has 1 saturated carbocycles. The lowest BCUT2D eigenvalue weighted by Gasteiger charge is -2.35. The molecule has 4 aliphatic rings. The molecule has 0 aromatic heterocycles. The number of benzene rings is 1. The first-order valence-corrected chi connectivity index (χ1v) is 17.1. The number of nitrogens with one attached hydrogen (secondary N) is 4. The van der Waals surface area contributed by atoms with Gasteiger partial charge in [0.05, 0.1) is 43.6 Å². The molecule has 4 amide bonds. The summed E-state index contributed by atoms with van der Waals surface area (Å²) in [7, 11) is 1.52. The van der Waals surface area contributed by atoms with E-state index in [0.29, 0.717) is 41.5 Å². The van der Waals surface area contributed by atoms with Gasteiger partial charge in [0.15, 0.2) is 0 Å². The number of Topliss-reactive ketones (excluding diaryl/α,β-unsaturated/α-hetero) is 1. The van der Waals surface area contributed by atoms with Gasteiger partial charge in [-0.3, -0.25) is 29.5 Å². The summed E-state index contributed by atoms with van der Waals surface area (Å²) in [5.74, 6) is -2.14. The number of likely N-dealkylation sites (tertiary alicyclic amines) is 1. The van der Waals surface area contributed by atoms with Crippen molar-refractivity contribution < 1.29 is 43.0 Å². The Morgan fingerprint density at radius 2 is 1.90 bits per heavy atom. The highest BCUT2D eigenvalue weighted by atomic mass is 35.5. The van der Waals surface area contributed by atoms with E-state index in [4.69, 9.17) is 30.6 Å². The van der Waals surface area contributed by atoms with Crippen LogP contribution in [-0.4, -0.2) is 97.2 Å². The molecule has 4 N–H and O–H groups in total. The molecule has 268 valence electrons. The Kier molecular flexibility index (Phi) is 11.1. The zero-order chi connectivity index (χ0) is 35.5. The van der Waals surface area contributed by atoms with Crippen LogP contribution in [0.1, 0.15) is 71.8 Å². The van der Waals surface area contributed by atoms with Gasteiger partial charge in [0.2, 0.25) is 17.6 Å². The standard InChI is InChI=1S/C34H46ClN5O9/c1-6-7-23(27(41)30(43)36-20-9-10-20)37-29(42)25-16-34(15-24(39-49-34)19-8-11-26(46-5)22(35)14-19)18-40(25)31(44)28(33(2,3)4)38-32(45)48-21-12-13-47-17-21/h8,11,14-15,20-21,23,25,28,39H,6-7,9-10,12-13,16-18H2,1-5H3,(H,36,43)(H,37,42)(H,38,45)/t21-,23-,25-,28+,34+/m0/s1. The van der Waals surface area contributed by atoms with Crippen LogP contribution < -0.4 is 26.2 Å². The van der Waals surface area contributed by atoms with Crippen molar-refractivity contribution >= 4 is 46.9 Å². The number of hydrogen-bond acceptors (Lipinski definition) is 10. The molecule has 0 radical (unpaired) electrons. The third-order valence-corrected chi connectivity index (χ3v) is 9.35. The first-order valence-electron chi connectivity index (χ1n) is 16.7. The Hall–Kier alpha value is -3.88. The van der Waals surface area contributed by atoms with E-state index in [2.05, 4.69) is 21.4 Å². The fourth-order valence-corrected chi connectivity index (χ4v) is 6.45. The van der Waals surface area contributed by atoms with Gasteiger partial charge in [-0.2, -0.15) is 0 Å². The van der Waals surface area contributed by atoms with Crippen LogP contribution in [0.2, 0.25) is 5.02 Å². The summed E-state index contributed by atoms with van der Waals surface area (Å²) >= 11 is 6.38. The highest BCUT2D eigenvalue weighted by Crippen LogP contribution is 2.40. The maximum absolute atomic E-state index is 14.5. The van der Waals surface area contributed by atoms with Crippen LogP contribution in [0, 0.1) is 5.41 Å². The van der Waals surface area contributed by atoms with Crippen molar-refractivity contribution in [3.05, 3.63) is 34.9 Å². The smallest absolute Gasteiger partial charge is 0.408 e. The molecule has 1 spiro atoms. The summed E-state index contributed by atoms with van der Waals surface area (Å²) in [6.45, 7) is 7.92. The van der Waals surface area contributed by atoms with Crippen LogP contribution in [0.4, 0.5) is 4.79 Å². The summed E-state index contributed by atoms with van der Waals surface area (Å²) in [6, 6.07) is 1.89. The summed E-state index contributed by atoms with van der Waals surface area (Å²) in [5.41, 5.74) is 2.23. The number of carbonyl (C=O) groups is 5. The number of amides is 4. The van der Waals surface area contributed by atoms with Crippen LogP contribution in [0.25, 0.3) is 5.70 Å². The fraction of sp³-hybridized carbons (Fsp3) is 0.618. The molecule has 1 aliphatic carbocycles. The van der Waals surface area contributed by atoms with Gasteiger partial charge >= 0.3 is 6.09 Å². The van der Waals surface area contributed by atoms with E-state index < -0.39 is 64.8 Å².